The Bertz CT molecular complexity index is 754. The molecule has 4 fully saturated rings. The number of hydrogen-bond donors (Lipinski definition) is 3. The molecule has 4 aliphatic carbocycles. The number of aliphatic hydroxyl groups is 3. The van der Waals surface area contributed by atoms with Gasteiger partial charge in [0.25, 0.3) is 0 Å². The van der Waals surface area contributed by atoms with E-state index in [0.29, 0.717) is 29.3 Å². The molecule has 0 aromatic rings. The van der Waals surface area contributed by atoms with Crippen molar-refractivity contribution in [2.45, 2.75) is 80.5 Å². The van der Waals surface area contributed by atoms with Gasteiger partial charge in [-0.2, -0.15) is 0 Å². The molecule has 5 rings (SSSR count). The second-order valence-electron chi connectivity index (χ2n) is 10.8. The van der Waals surface area contributed by atoms with Crippen LogP contribution in [0.1, 0.15) is 58.8 Å². The molecule has 29 heavy (non-hydrogen) atoms. The van der Waals surface area contributed by atoms with Gasteiger partial charge >= 0.3 is 5.97 Å². The summed E-state index contributed by atoms with van der Waals surface area (Å²) in [4.78, 5) is 11.7. The lowest BCUT2D eigenvalue weighted by molar-refractivity contribution is -0.243. The third-order valence-corrected chi connectivity index (χ3v) is 11.9. The van der Waals surface area contributed by atoms with Crippen molar-refractivity contribution in [1.29, 1.82) is 0 Å². The van der Waals surface area contributed by atoms with Crippen LogP contribution in [0, 0.1) is 34.5 Å². The van der Waals surface area contributed by atoms with Gasteiger partial charge in [0.2, 0.25) is 0 Å². The average Bonchev–Trinajstić information content (AvgIpc) is 3.19. The molecule has 0 saturated heterocycles. The van der Waals surface area contributed by atoms with Crippen LogP contribution in [0.5, 0.6) is 0 Å². The van der Waals surface area contributed by atoms with Crippen molar-refractivity contribution >= 4 is 28.6 Å². The molecule has 1 unspecified atom stereocenters. The first-order chi connectivity index (χ1) is 13.6. The van der Waals surface area contributed by atoms with E-state index in [4.69, 9.17) is 4.74 Å². The van der Waals surface area contributed by atoms with Gasteiger partial charge in [-0.05, 0) is 79.6 Å². The molecule has 0 aromatic heterocycles. The summed E-state index contributed by atoms with van der Waals surface area (Å²) in [5.41, 5.74) is -0.595. The number of cyclic esters (lactones) is 1. The second kappa shape index (κ2) is 6.66. The Labute approximate surface area is 186 Å². The maximum absolute atomic E-state index is 12.2. The number of alkyl halides is 1. The van der Waals surface area contributed by atoms with Crippen molar-refractivity contribution in [3.05, 3.63) is 11.6 Å². The highest BCUT2D eigenvalue weighted by atomic mass is 127. The first kappa shape index (κ1) is 20.7. The largest absolute Gasteiger partial charge is 0.458 e. The zero-order valence-corrected chi connectivity index (χ0v) is 19.5. The summed E-state index contributed by atoms with van der Waals surface area (Å²) in [7, 11) is 0. The molecule has 3 N–H and O–H groups in total. The lowest BCUT2D eigenvalue weighted by atomic mass is 9.42. The summed E-state index contributed by atoms with van der Waals surface area (Å²) in [5.74, 6) is 0.564. The van der Waals surface area contributed by atoms with Crippen molar-refractivity contribution in [2.75, 3.05) is 6.61 Å². The lowest BCUT2D eigenvalue weighted by Crippen LogP contribution is -2.68. The van der Waals surface area contributed by atoms with Crippen LogP contribution in [-0.2, 0) is 9.53 Å². The molecule has 0 bridgehead atoms. The Kier molecular flexibility index (Phi) is 4.75. The van der Waals surface area contributed by atoms with Crippen LogP contribution in [0.3, 0.4) is 0 Å². The molecular weight excluding hydrogens is 483 g/mol. The van der Waals surface area contributed by atoms with Crippen LogP contribution in [0.2, 0.25) is 0 Å². The quantitative estimate of drug-likeness (QED) is 0.284. The van der Waals surface area contributed by atoms with Gasteiger partial charge in [-0.3, -0.25) is 0 Å². The number of carbonyl (C=O) groups excluding carboxylic acids is 1. The summed E-state index contributed by atoms with van der Waals surface area (Å²) < 4.78 is 5.52. The summed E-state index contributed by atoms with van der Waals surface area (Å²) in [6.45, 7) is 4.70. The number of fused-ring (bicyclic) bond motifs is 5. The Morgan fingerprint density at radius 3 is 2.55 bits per heavy atom. The Morgan fingerprint density at radius 1 is 1.10 bits per heavy atom. The van der Waals surface area contributed by atoms with Crippen molar-refractivity contribution in [3.63, 3.8) is 0 Å². The number of rotatable bonds is 1. The van der Waals surface area contributed by atoms with E-state index in [2.05, 4.69) is 36.4 Å². The van der Waals surface area contributed by atoms with E-state index >= 15 is 0 Å². The first-order valence-electron chi connectivity index (χ1n) is 11.2. The number of carbonyl (C=O) groups is 1. The maximum atomic E-state index is 12.2. The van der Waals surface area contributed by atoms with E-state index in [0.717, 1.165) is 37.7 Å². The SMILES string of the molecule is C[C@]12C(I)C[C@@H](O)C[C@H]1CC[C@@H]1[C@@H]2C[C@@H](O)[C@]2(C)[C@@H](C3=CC(=O)OC3)CC[C@]12O. The molecule has 162 valence electrons. The fourth-order valence-corrected chi connectivity index (χ4v) is 9.94. The van der Waals surface area contributed by atoms with Gasteiger partial charge in [0.15, 0.2) is 0 Å². The van der Waals surface area contributed by atoms with Gasteiger partial charge < -0.3 is 20.1 Å². The van der Waals surface area contributed by atoms with Crippen molar-refractivity contribution in [1.82, 2.24) is 0 Å². The van der Waals surface area contributed by atoms with Gasteiger partial charge in [-0.15, -0.1) is 0 Å². The number of esters is 1. The summed E-state index contributed by atoms with van der Waals surface area (Å²) >= 11 is 2.52. The zero-order valence-electron chi connectivity index (χ0n) is 17.3. The minimum atomic E-state index is -0.924. The van der Waals surface area contributed by atoms with Crippen molar-refractivity contribution in [3.8, 4) is 0 Å². The predicted molar refractivity (Wildman–Crippen MR) is 116 cm³/mol. The molecule has 0 aromatic carbocycles. The molecule has 1 heterocycles. The highest BCUT2D eigenvalue weighted by molar-refractivity contribution is 14.1. The fraction of sp³-hybridized carbons (Fsp3) is 0.870. The van der Waals surface area contributed by atoms with Crippen molar-refractivity contribution in [2.24, 2.45) is 34.5 Å². The monoisotopic (exact) mass is 516 g/mol. The number of ether oxygens (including phenoxy) is 1. The molecular formula is C23H33IO5. The molecule has 5 nitrogen and oxygen atoms in total. The van der Waals surface area contributed by atoms with Crippen LogP contribution in [0.4, 0.5) is 0 Å². The number of hydrogen-bond acceptors (Lipinski definition) is 5. The average molecular weight is 516 g/mol. The third-order valence-electron chi connectivity index (χ3n) is 10.1. The van der Waals surface area contributed by atoms with Crippen LogP contribution in [0.25, 0.3) is 0 Å². The summed E-state index contributed by atoms with van der Waals surface area (Å²) in [6.07, 6.45) is 6.57. The smallest absolute Gasteiger partial charge is 0.331 e. The molecule has 0 spiro atoms. The molecule has 5 aliphatic rings. The topological polar surface area (TPSA) is 87.0 Å². The van der Waals surface area contributed by atoms with E-state index in [1.165, 1.54) is 0 Å². The van der Waals surface area contributed by atoms with Gasteiger partial charge in [0.05, 0.1) is 17.8 Å². The Hall–Kier alpha value is -0.180. The molecule has 1 aliphatic heterocycles. The normalized spacial score (nSPS) is 56.8. The van der Waals surface area contributed by atoms with E-state index in [1.807, 2.05) is 0 Å². The Morgan fingerprint density at radius 2 is 1.86 bits per heavy atom. The standard InChI is InChI=1S/C23H33IO5/c1-21-13(8-14(25)9-18(21)24)3-4-16-17(21)10-19(26)22(2)15(5-6-23(16,22)28)12-7-20(27)29-11-12/h7,13-19,25-26,28H,3-6,8-11H2,1-2H3/t13-,14+,15-,16-,17+,18?,19-,21+,22+,23+/m1/s1. The van der Waals surface area contributed by atoms with E-state index < -0.39 is 17.1 Å². The first-order valence-corrected chi connectivity index (χ1v) is 12.5. The Balaban J connectivity index is 1.53. The van der Waals surface area contributed by atoms with Crippen LogP contribution in [-0.4, -0.2) is 49.6 Å². The van der Waals surface area contributed by atoms with Gasteiger partial charge in [-0.25, -0.2) is 4.79 Å². The second-order valence-corrected chi connectivity index (χ2v) is 12.3. The fourth-order valence-electron chi connectivity index (χ4n) is 8.38. The maximum Gasteiger partial charge on any atom is 0.331 e. The van der Waals surface area contributed by atoms with Gasteiger partial charge in [0.1, 0.15) is 6.61 Å². The minimum absolute atomic E-state index is 0.0102. The minimum Gasteiger partial charge on any atom is -0.458 e. The van der Waals surface area contributed by atoms with Crippen LogP contribution >= 0.6 is 22.6 Å². The molecule has 10 atom stereocenters. The lowest BCUT2D eigenvalue weighted by Gasteiger charge is -2.65. The predicted octanol–water partition coefficient (Wildman–Crippen LogP) is 2.99. The highest BCUT2D eigenvalue weighted by Crippen LogP contribution is 2.70. The van der Waals surface area contributed by atoms with Crippen molar-refractivity contribution < 1.29 is 24.9 Å². The third kappa shape index (κ3) is 2.58. The van der Waals surface area contributed by atoms with E-state index in [1.54, 1.807) is 6.08 Å². The highest BCUT2D eigenvalue weighted by Gasteiger charge is 2.71. The van der Waals surface area contributed by atoms with Gasteiger partial charge in [-0.1, -0.05) is 36.4 Å². The summed E-state index contributed by atoms with van der Waals surface area (Å²) in [6, 6.07) is 0. The van der Waals surface area contributed by atoms with Crippen LogP contribution in [0.15, 0.2) is 11.6 Å². The molecule has 0 radical (unpaired) electrons. The van der Waals surface area contributed by atoms with Crippen LogP contribution < -0.4 is 0 Å². The molecule has 0 amide bonds. The number of halogens is 1. The van der Waals surface area contributed by atoms with Gasteiger partial charge in [0, 0.05) is 15.4 Å². The molecule has 4 saturated carbocycles. The van der Waals surface area contributed by atoms with E-state index in [9.17, 15) is 20.1 Å². The zero-order chi connectivity index (χ0) is 20.8. The number of aliphatic hydroxyl groups excluding tert-OH is 2. The van der Waals surface area contributed by atoms with E-state index in [-0.39, 0.29) is 35.2 Å². The molecule has 6 heteroatoms. The summed E-state index contributed by atoms with van der Waals surface area (Å²) in [5, 5.41) is 34.1.